The van der Waals surface area contributed by atoms with Crippen molar-refractivity contribution in [3.05, 3.63) is 59.2 Å². The minimum absolute atomic E-state index is 0.0267. The number of unbranched alkanes of at least 4 members (excludes halogenated alkanes) is 2. The van der Waals surface area contributed by atoms with E-state index in [0.29, 0.717) is 38.1 Å². The van der Waals surface area contributed by atoms with Crippen LogP contribution in [0.15, 0.2) is 56.4 Å². The molecule has 13 N–H and O–H groups in total. The molecule has 0 spiro atoms. The number of aromatic nitrogens is 2. The van der Waals surface area contributed by atoms with Crippen LogP contribution < -0.4 is 49.5 Å². The molecule has 2 aromatic carbocycles. The van der Waals surface area contributed by atoms with Crippen molar-refractivity contribution in [1.82, 2.24) is 15.3 Å². The highest BCUT2D eigenvalue weighted by atomic mass is 32.2. The van der Waals surface area contributed by atoms with Gasteiger partial charge < -0.3 is 49.5 Å². The minimum atomic E-state index is -3.01. The Morgan fingerprint density at radius 1 is 0.672 bits per heavy atom. The first-order valence-corrected chi connectivity index (χ1v) is 20.7. The van der Waals surface area contributed by atoms with Crippen molar-refractivity contribution in [3.8, 4) is 0 Å². The van der Waals surface area contributed by atoms with Gasteiger partial charge in [-0.25, -0.2) is 32.5 Å². The molecule has 0 bridgehead atoms. The van der Waals surface area contributed by atoms with Crippen molar-refractivity contribution in [2.75, 3.05) is 66.0 Å². The Hall–Kier alpha value is -5.59. The zero-order valence-electron chi connectivity index (χ0n) is 33.0. The van der Waals surface area contributed by atoms with Gasteiger partial charge in [0.15, 0.2) is 5.96 Å². The van der Waals surface area contributed by atoms with E-state index < -0.39 is 53.7 Å². The fourth-order valence-corrected chi connectivity index (χ4v) is 7.14. The molecule has 0 aliphatic rings. The molecule has 1 aromatic heterocycles. The molecule has 0 unspecified atom stereocenters. The molecule has 3 rings (SSSR count). The summed E-state index contributed by atoms with van der Waals surface area (Å²) in [6.45, 7) is 0.972. The van der Waals surface area contributed by atoms with Crippen LogP contribution in [0.4, 0.5) is 44.7 Å². The Morgan fingerprint density at radius 3 is 1.52 bits per heavy atom. The second-order valence-electron chi connectivity index (χ2n) is 12.8. The van der Waals surface area contributed by atoms with Crippen LogP contribution in [0, 0.1) is 0 Å². The summed E-state index contributed by atoms with van der Waals surface area (Å²) in [5, 5.41) is 13.3. The Morgan fingerprint density at radius 2 is 1.11 bits per heavy atom. The molecule has 332 valence electrons. The molecule has 0 atom stereocenters. The quantitative estimate of drug-likeness (QED) is 0.0135. The van der Waals surface area contributed by atoms with Gasteiger partial charge in [0.1, 0.15) is 17.7 Å². The fraction of sp³-hybridized carbons (Fsp3) is 0.405. The van der Waals surface area contributed by atoms with E-state index in [0.717, 1.165) is 48.4 Å². The number of amidine groups is 1. The van der Waals surface area contributed by atoms with E-state index >= 15 is 0 Å². The summed E-state index contributed by atoms with van der Waals surface area (Å²) < 4.78 is 69.2. The number of nitrogens with zero attached hydrogens (tertiary/aromatic N) is 4. The zero-order chi connectivity index (χ0) is 44.9. The second kappa shape index (κ2) is 25.9. The number of benzene rings is 2. The molecular weight excluding hydrogens is 850 g/mol. The van der Waals surface area contributed by atoms with Gasteiger partial charge in [-0.1, -0.05) is 0 Å². The average molecular weight is 898 g/mol. The number of guanidine groups is 1. The standard InChI is InChI=1S/C37H48F5N13O4S2/c1-47-11-13-61-31-23(53-29(57)7-3-5-10-49-37(45)46)15-21(33(40)41)17-25(31)55-35(59)27-18-26(50-19-51-27)34(58)54-24-16-20(32(38)39)14-22(30(24)60-12-8-43)52-28(56)6-2-4-9-48-36(42)44/h14-19,32-33,47H,2-13,43H2,1H3,(H2,44,48)(H,52,56)(H,53,57)(H,54,58)(H,55,59)(H4,45,46,49). The Labute approximate surface area is 356 Å². The summed E-state index contributed by atoms with van der Waals surface area (Å²) in [4.78, 5) is 68.6. The summed E-state index contributed by atoms with van der Waals surface area (Å²) in [6, 6.07) is 5.29. The number of aliphatic imine (C=N–C) groups is 2. The van der Waals surface area contributed by atoms with Crippen molar-refractivity contribution >= 4 is 82.0 Å². The van der Waals surface area contributed by atoms with E-state index in [1.165, 1.54) is 11.8 Å². The van der Waals surface area contributed by atoms with Crippen LogP contribution in [0.25, 0.3) is 0 Å². The van der Waals surface area contributed by atoms with Crippen LogP contribution in [0.2, 0.25) is 0 Å². The largest absolute Gasteiger partial charge is 0.370 e. The first-order valence-electron chi connectivity index (χ1n) is 18.7. The van der Waals surface area contributed by atoms with Gasteiger partial charge in [-0.05, 0) is 57.0 Å². The van der Waals surface area contributed by atoms with Crippen LogP contribution >= 0.6 is 23.5 Å². The van der Waals surface area contributed by atoms with Gasteiger partial charge in [0.05, 0.1) is 32.5 Å². The fourth-order valence-electron chi connectivity index (χ4n) is 5.25. The van der Waals surface area contributed by atoms with Crippen LogP contribution in [-0.2, 0) is 9.59 Å². The number of hydrogen-bond donors (Lipinski definition) is 9. The lowest BCUT2D eigenvalue weighted by atomic mass is 10.1. The predicted octanol–water partition coefficient (Wildman–Crippen LogP) is 4.99. The zero-order valence-corrected chi connectivity index (χ0v) is 34.7. The van der Waals surface area contributed by atoms with E-state index in [1.54, 1.807) is 7.05 Å². The SMILES string of the molecule is CNCCSc1c(NC(=O)CCCCN=C(N)N)cc(C(F)F)cc1NC(=O)c1cc(C(=O)Nc2cc(C(F)F)cc(NC(=O)CCCCN=C(N)F)c2SCCN)ncn1. The first kappa shape index (κ1) is 49.8. The maximum Gasteiger partial charge on any atom is 0.275 e. The maximum absolute atomic E-state index is 14.2. The van der Waals surface area contributed by atoms with Crippen molar-refractivity contribution in [2.24, 2.45) is 32.9 Å². The van der Waals surface area contributed by atoms with Crippen LogP contribution in [0.5, 0.6) is 0 Å². The number of anilines is 4. The topological polar surface area (TPSA) is 283 Å². The van der Waals surface area contributed by atoms with Gasteiger partial charge in [-0.15, -0.1) is 23.5 Å². The van der Waals surface area contributed by atoms with Crippen molar-refractivity contribution < 1.29 is 41.1 Å². The highest BCUT2D eigenvalue weighted by Crippen LogP contribution is 2.40. The van der Waals surface area contributed by atoms with E-state index in [2.05, 4.69) is 46.5 Å². The third kappa shape index (κ3) is 17.1. The first-order chi connectivity index (χ1) is 29.1. The number of carbonyl (C=O) groups is 4. The van der Waals surface area contributed by atoms with Crippen LogP contribution in [0.3, 0.4) is 0 Å². The van der Waals surface area contributed by atoms with E-state index in [1.807, 2.05) is 0 Å². The second-order valence-corrected chi connectivity index (χ2v) is 15.0. The van der Waals surface area contributed by atoms with Gasteiger partial charge in [0.25, 0.3) is 30.8 Å². The lowest BCUT2D eigenvalue weighted by Gasteiger charge is -2.19. The number of hydrogen-bond acceptors (Lipinski definition) is 12. The summed E-state index contributed by atoms with van der Waals surface area (Å²) in [6.07, 6.45) is -4.73. The molecule has 17 nitrogen and oxygen atoms in total. The Balaban J connectivity index is 1.91. The van der Waals surface area contributed by atoms with Gasteiger partial charge in [-0.2, -0.15) is 4.39 Å². The summed E-state index contributed by atoms with van der Waals surface area (Å²) in [5.74, 6) is -2.33. The lowest BCUT2D eigenvalue weighted by molar-refractivity contribution is -0.117. The Bertz CT molecular complexity index is 2040. The molecule has 0 saturated carbocycles. The average Bonchev–Trinajstić information content (AvgIpc) is 3.20. The Kier molecular flexibility index (Phi) is 21.1. The molecule has 0 fully saturated rings. The van der Waals surface area contributed by atoms with Crippen molar-refractivity contribution in [3.63, 3.8) is 0 Å². The van der Waals surface area contributed by atoms with Crippen LogP contribution in [-0.4, -0.2) is 90.4 Å². The molecule has 3 aromatic rings. The van der Waals surface area contributed by atoms with E-state index in [-0.39, 0.29) is 88.0 Å². The molecule has 61 heavy (non-hydrogen) atoms. The number of halogens is 5. The molecule has 0 aliphatic carbocycles. The number of alkyl halides is 4. The molecule has 0 aliphatic heterocycles. The third-order valence-corrected chi connectivity index (χ3v) is 10.4. The lowest BCUT2D eigenvalue weighted by Crippen LogP contribution is -2.23. The van der Waals surface area contributed by atoms with E-state index in [4.69, 9.17) is 22.9 Å². The normalized spacial score (nSPS) is 11.4. The minimum Gasteiger partial charge on any atom is -0.370 e. The van der Waals surface area contributed by atoms with Gasteiger partial charge in [0, 0.05) is 67.7 Å². The van der Waals surface area contributed by atoms with Crippen LogP contribution in [0.1, 0.15) is 83.5 Å². The van der Waals surface area contributed by atoms with E-state index in [9.17, 15) is 41.1 Å². The molecule has 1 heterocycles. The van der Waals surface area contributed by atoms with Gasteiger partial charge in [0.2, 0.25) is 11.8 Å². The molecule has 0 saturated heterocycles. The summed E-state index contributed by atoms with van der Waals surface area (Å²) in [7, 11) is 1.71. The van der Waals surface area contributed by atoms with Crippen molar-refractivity contribution in [1.29, 1.82) is 0 Å². The monoisotopic (exact) mass is 897 g/mol. The number of nitrogens with one attached hydrogen (secondary N) is 5. The third-order valence-electron chi connectivity index (χ3n) is 8.05. The summed E-state index contributed by atoms with van der Waals surface area (Å²) in [5.41, 5.74) is 19.3. The molecule has 0 radical (unpaired) electrons. The summed E-state index contributed by atoms with van der Waals surface area (Å²) >= 11 is 2.25. The maximum atomic E-state index is 14.2. The smallest absolute Gasteiger partial charge is 0.275 e. The molecule has 4 amide bonds. The van der Waals surface area contributed by atoms with Gasteiger partial charge >= 0.3 is 0 Å². The highest BCUT2D eigenvalue weighted by molar-refractivity contribution is 7.99. The highest BCUT2D eigenvalue weighted by Gasteiger charge is 2.23. The van der Waals surface area contributed by atoms with Gasteiger partial charge in [-0.3, -0.25) is 24.2 Å². The molecule has 24 heteroatoms. The number of rotatable bonds is 25. The number of thioether (sulfide) groups is 2. The predicted molar refractivity (Wildman–Crippen MR) is 228 cm³/mol. The van der Waals surface area contributed by atoms with Crippen molar-refractivity contribution in [2.45, 2.75) is 61.2 Å². The number of nitrogens with two attached hydrogens (primary N) is 4. The number of amides is 4. The molecular formula is C37H48F5N13O4S2. The number of carbonyl (C=O) groups excluding carboxylic acids is 4.